The topological polar surface area (TPSA) is 38.7 Å². The van der Waals surface area contributed by atoms with E-state index in [1.165, 1.54) is 12.1 Å². The summed E-state index contributed by atoms with van der Waals surface area (Å²) in [4.78, 5) is 13.3. The van der Waals surface area contributed by atoms with E-state index in [0.717, 1.165) is 17.2 Å². The van der Waals surface area contributed by atoms with Crippen LogP contribution in [0, 0.1) is 11.6 Å². The molecule has 5 heteroatoms. The van der Waals surface area contributed by atoms with Gasteiger partial charge in [-0.1, -0.05) is 66.7 Å². The minimum Gasteiger partial charge on any atom is -0.208 e. The van der Waals surface area contributed by atoms with Crippen molar-refractivity contribution in [2.24, 2.45) is 0 Å². The molecule has 0 saturated carbocycles. The molecular formula is C21H13F2N3. The van der Waals surface area contributed by atoms with Crippen LogP contribution in [0.2, 0.25) is 0 Å². The molecule has 0 amide bonds. The van der Waals surface area contributed by atoms with E-state index in [4.69, 9.17) is 0 Å². The van der Waals surface area contributed by atoms with E-state index >= 15 is 0 Å². The fourth-order valence-electron chi connectivity index (χ4n) is 2.61. The lowest BCUT2D eigenvalue weighted by atomic mass is 10.1. The van der Waals surface area contributed by atoms with Crippen molar-refractivity contribution in [1.82, 2.24) is 15.0 Å². The Balaban J connectivity index is 1.95. The summed E-state index contributed by atoms with van der Waals surface area (Å²) in [6, 6.07) is 22.6. The van der Waals surface area contributed by atoms with Crippen LogP contribution in [0.15, 0.2) is 78.9 Å². The molecule has 3 aromatic carbocycles. The van der Waals surface area contributed by atoms with Gasteiger partial charge < -0.3 is 0 Å². The predicted octanol–water partition coefficient (Wildman–Crippen LogP) is 5.15. The van der Waals surface area contributed by atoms with Gasteiger partial charge in [0.25, 0.3) is 0 Å². The van der Waals surface area contributed by atoms with Gasteiger partial charge in [0.15, 0.2) is 29.1 Å². The molecule has 0 aliphatic rings. The van der Waals surface area contributed by atoms with Crippen LogP contribution in [0.1, 0.15) is 0 Å². The Morgan fingerprint density at radius 2 is 1.00 bits per heavy atom. The van der Waals surface area contributed by atoms with Crippen LogP contribution in [0.25, 0.3) is 34.2 Å². The van der Waals surface area contributed by atoms with Gasteiger partial charge in [0, 0.05) is 11.1 Å². The van der Waals surface area contributed by atoms with Crippen molar-refractivity contribution in [3.8, 4) is 34.2 Å². The van der Waals surface area contributed by atoms with Gasteiger partial charge in [-0.05, 0) is 12.1 Å². The summed E-state index contributed by atoms with van der Waals surface area (Å²) < 4.78 is 27.9. The first-order valence-electron chi connectivity index (χ1n) is 8.03. The highest BCUT2D eigenvalue weighted by Gasteiger charge is 2.16. The van der Waals surface area contributed by atoms with Crippen molar-refractivity contribution >= 4 is 0 Å². The van der Waals surface area contributed by atoms with Gasteiger partial charge in [-0.2, -0.15) is 0 Å². The van der Waals surface area contributed by atoms with Crippen LogP contribution >= 0.6 is 0 Å². The van der Waals surface area contributed by atoms with E-state index in [-0.39, 0.29) is 11.4 Å². The number of halogens is 2. The highest BCUT2D eigenvalue weighted by Crippen LogP contribution is 2.26. The zero-order valence-corrected chi connectivity index (χ0v) is 13.6. The number of rotatable bonds is 3. The average Bonchev–Trinajstić information content (AvgIpc) is 2.71. The van der Waals surface area contributed by atoms with Crippen molar-refractivity contribution in [3.05, 3.63) is 90.5 Å². The molecule has 0 N–H and O–H groups in total. The van der Waals surface area contributed by atoms with Crippen LogP contribution in [0.3, 0.4) is 0 Å². The van der Waals surface area contributed by atoms with Crippen molar-refractivity contribution in [2.75, 3.05) is 0 Å². The van der Waals surface area contributed by atoms with Crippen molar-refractivity contribution in [3.63, 3.8) is 0 Å². The lowest BCUT2D eigenvalue weighted by Crippen LogP contribution is -2.02. The number of hydrogen-bond acceptors (Lipinski definition) is 3. The summed E-state index contributed by atoms with van der Waals surface area (Å²) in [5, 5.41) is 0. The summed E-state index contributed by atoms with van der Waals surface area (Å²) in [6.07, 6.45) is 0. The minimum atomic E-state index is -0.975. The first-order valence-corrected chi connectivity index (χ1v) is 8.03. The summed E-state index contributed by atoms with van der Waals surface area (Å²) in [5.41, 5.74) is 1.54. The first kappa shape index (κ1) is 16.0. The lowest BCUT2D eigenvalue weighted by Gasteiger charge is -2.09. The molecule has 4 rings (SSSR count). The maximum Gasteiger partial charge on any atom is 0.169 e. The summed E-state index contributed by atoms with van der Waals surface area (Å²) >= 11 is 0. The Bertz CT molecular complexity index is 994. The Morgan fingerprint density at radius 3 is 1.54 bits per heavy atom. The van der Waals surface area contributed by atoms with Crippen LogP contribution < -0.4 is 0 Å². The molecule has 0 spiro atoms. The van der Waals surface area contributed by atoms with Gasteiger partial charge >= 0.3 is 0 Å². The quantitative estimate of drug-likeness (QED) is 0.515. The second-order valence-corrected chi connectivity index (χ2v) is 5.64. The van der Waals surface area contributed by atoms with Crippen LogP contribution in [-0.4, -0.2) is 15.0 Å². The number of nitrogens with zero attached hydrogens (tertiary/aromatic N) is 3. The van der Waals surface area contributed by atoms with Gasteiger partial charge in [-0.3, -0.25) is 0 Å². The zero-order valence-electron chi connectivity index (χ0n) is 13.6. The van der Waals surface area contributed by atoms with Crippen molar-refractivity contribution < 1.29 is 8.78 Å². The van der Waals surface area contributed by atoms with Gasteiger partial charge in [-0.15, -0.1) is 0 Å². The number of aromatic nitrogens is 3. The van der Waals surface area contributed by atoms with Gasteiger partial charge in [0.2, 0.25) is 0 Å². The third kappa shape index (κ3) is 3.07. The van der Waals surface area contributed by atoms with E-state index in [1.54, 1.807) is 0 Å². The second kappa shape index (κ2) is 6.80. The Morgan fingerprint density at radius 1 is 0.500 bits per heavy atom. The van der Waals surface area contributed by atoms with E-state index < -0.39 is 11.6 Å². The van der Waals surface area contributed by atoms with E-state index in [0.29, 0.717) is 11.6 Å². The SMILES string of the molecule is Fc1cccc(-c2nc(-c3ccccc3)nc(-c3ccccc3)n2)c1F. The fourth-order valence-corrected chi connectivity index (χ4v) is 2.61. The molecule has 0 aliphatic heterocycles. The van der Waals surface area contributed by atoms with E-state index in [2.05, 4.69) is 15.0 Å². The molecule has 0 fully saturated rings. The summed E-state index contributed by atoms with van der Waals surface area (Å²) in [5.74, 6) is -1.02. The number of hydrogen-bond donors (Lipinski definition) is 0. The van der Waals surface area contributed by atoms with Crippen molar-refractivity contribution in [1.29, 1.82) is 0 Å². The molecule has 3 nitrogen and oxygen atoms in total. The summed E-state index contributed by atoms with van der Waals surface area (Å²) in [7, 11) is 0. The normalized spacial score (nSPS) is 10.7. The average molecular weight is 345 g/mol. The van der Waals surface area contributed by atoms with Crippen molar-refractivity contribution in [2.45, 2.75) is 0 Å². The highest BCUT2D eigenvalue weighted by molar-refractivity contribution is 5.66. The molecule has 0 atom stereocenters. The Labute approximate surface area is 149 Å². The third-order valence-corrected chi connectivity index (χ3v) is 3.89. The molecule has 0 unspecified atom stereocenters. The molecule has 0 radical (unpaired) electrons. The lowest BCUT2D eigenvalue weighted by molar-refractivity contribution is 0.510. The van der Waals surface area contributed by atoms with Gasteiger partial charge in [0.05, 0.1) is 5.56 Å². The minimum absolute atomic E-state index is 0.00163. The van der Waals surface area contributed by atoms with Gasteiger partial charge in [0.1, 0.15) is 0 Å². The molecule has 0 saturated heterocycles. The maximum absolute atomic E-state index is 14.3. The first-order chi connectivity index (χ1) is 12.7. The molecule has 1 aromatic heterocycles. The zero-order chi connectivity index (χ0) is 17.9. The number of benzene rings is 3. The predicted molar refractivity (Wildman–Crippen MR) is 96.1 cm³/mol. The molecule has 126 valence electrons. The standard InChI is InChI=1S/C21H13F2N3/c22-17-13-7-12-16(18(17)23)21-25-19(14-8-3-1-4-9-14)24-20(26-21)15-10-5-2-6-11-15/h1-13H. The van der Waals surface area contributed by atoms with Crippen LogP contribution in [-0.2, 0) is 0 Å². The third-order valence-electron chi connectivity index (χ3n) is 3.89. The second-order valence-electron chi connectivity index (χ2n) is 5.64. The van der Waals surface area contributed by atoms with Crippen LogP contribution in [0.4, 0.5) is 8.78 Å². The molecule has 0 bridgehead atoms. The largest absolute Gasteiger partial charge is 0.208 e. The monoisotopic (exact) mass is 345 g/mol. The maximum atomic E-state index is 14.3. The fraction of sp³-hybridized carbons (Fsp3) is 0. The highest BCUT2D eigenvalue weighted by atomic mass is 19.2. The van der Waals surface area contributed by atoms with Crippen LogP contribution in [0.5, 0.6) is 0 Å². The summed E-state index contributed by atoms with van der Waals surface area (Å²) in [6.45, 7) is 0. The molecule has 4 aromatic rings. The van der Waals surface area contributed by atoms with E-state index in [1.807, 2.05) is 60.7 Å². The Hall–Kier alpha value is -3.47. The molecule has 0 aliphatic carbocycles. The van der Waals surface area contributed by atoms with E-state index in [9.17, 15) is 8.78 Å². The molecule has 1 heterocycles. The Kier molecular flexibility index (Phi) is 4.19. The smallest absolute Gasteiger partial charge is 0.169 e. The van der Waals surface area contributed by atoms with Gasteiger partial charge in [-0.25, -0.2) is 23.7 Å². The molecule has 26 heavy (non-hydrogen) atoms. The molecular weight excluding hydrogens is 332 g/mol.